The fraction of sp³-hybridized carbons (Fsp3) is 0.562. The molecule has 0 radical (unpaired) electrons. The van der Waals surface area contributed by atoms with Crippen LogP contribution in [0, 0.1) is 5.92 Å². The molecule has 20 heavy (non-hydrogen) atoms. The minimum Gasteiger partial charge on any atom is -0.325 e. The van der Waals surface area contributed by atoms with Crippen molar-refractivity contribution in [2.24, 2.45) is 5.92 Å². The highest BCUT2D eigenvalue weighted by atomic mass is 32.2. The standard InChI is InChI=1S/C16H24N2OS/c1-12(2)15-17-14(11-13-7-5-4-6-8-13)16(19)18(15)9-10-20-3/h4-8,12,14-15,17H,9-11H2,1-3H3. The van der Waals surface area contributed by atoms with Gasteiger partial charge in [0.05, 0.1) is 12.2 Å². The number of thioether (sulfide) groups is 1. The average molecular weight is 292 g/mol. The van der Waals surface area contributed by atoms with Gasteiger partial charge < -0.3 is 4.90 Å². The number of rotatable bonds is 6. The monoisotopic (exact) mass is 292 g/mol. The first-order valence-corrected chi connectivity index (χ1v) is 8.62. The van der Waals surface area contributed by atoms with Crippen molar-refractivity contribution >= 4 is 17.7 Å². The Morgan fingerprint density at radius 1 is 1.30 bits per heavy atom. The number of benzene rings is 1. The normalized spacial score (nSPS) is 22.8. The number of carbonyl (C=O) groups is 1. The summed E-state index contributed by atoms with van der Waals surface area (Å²) in [5.74, 6) is 1.68. The van der Waals surface area contributed by atoms with E-state index in [-0.39, 0.29) is 18.1 Å². The third-order valence-corrected chi connectivity index (χ3v) is 4.33. The second kappa shape index (κ2) is 7.14. The molecule has 1 aromatic carbocycles. The zero-order valence-corrected chi connectivity index (χ0v) is 13.3. The maximum atomic E-state index is 12.6. The summed E-state index contributed by atoms with van der Waals surface area (Å²) in [7, 11) is 0. The molecule has 3 nitrogen and oxygen atoms in total. The summed E-state index contributed by atoms with van der Waals surface area (Å²) < 4.78 is 0. The van der Waals surface area contributed by atoms with Gasteiger partial charge in [-0.25, -0.2) is 0 Å². The van der Waals surface area contributed by atoms with E-state index < -0.39 is 0 Å². The van der Waals surface area contributed by atoms with Crippen LogP contribution in [0.15, 0.2) is 30.3 Å². The number of hydrogen-bond donors (Lipinski definition) is 1. The van der Waals surface area contributed by atoms with Crippen molar-refractivity contribution < 1.29 is 4.79 Å². The number of carbonyl (C=O) groups excluding carboxylic acids is 1. The highest BCUT2D eigenvalue weighted by molar-refractivity contribution is 7.98. The van der Waals surface area contributed by atoms with Crippen molar-refractivity contribution in [2.45, 2.75) is 32.5 Å². The molecule has 1 aliphatic rings. The second-order valence-electron chi connectivity index (χ2n) is 5.62. The van der Waals surface area contributed by atoms with Crippen LogP contribution in [-0.2, 0) is 11.2 Å². The van der Waals surface area contributed by atoms with Crippen LogP contribution < -0.4 is 5.32 Å². The minimum atomic E-state index is -0.0772. The SMILES string of the molecule is CSCCN1C(=O)C(Cc2ccccc2)NC1C(C)C. The van der Waals surface area contributed by atoms with Crippen LogP contribution in [-0.4, -0.2) is 41.6 Å². The van der Waals surface area contributed by atoms with E-state index in [2.05, 4.69) is 37.6 Å². The summed E-state index contributed by atoms with van der Waals surface area (Å²) in [5.41, 5.74) is 1.22. The Balaban J connectivity index is 2.06. The zero-order chi connectivity index (χ0) is 14.5. The Bertz CT molecular complexity index is 435. The molecule has 0 aliphatic carbocycles. The largest absolute Gasteiger partial charge is 0.325 e. The molecular weight excluding hydrogens is 268 g/mol. The number of nitrogens with one attached hydrogen (secondary N) is 1. The molecule has 0 spiro atoms. The Morgan fingerprint density at radius 3 is 2.60 bits per heavy atom. The summed E-state index contributed by atoms with van der Waals surface area (Å²) in [6.45, 7) is 5.17. The lowest BCUT2D eigenvalue weighted by atomic mass is 10.1. The van der Waals surface area contributed by atoms with Gasteiger partial charge in [0.2, 0.25) is 5.91 Å². The van der Waals surface area contributed by atoms with Crippen LogP contribution in [0.2, 0.25) is 0 Å². The quantitative estimate of drug-likeness (QED) is 0.873. The topological polar surface area (TPSA) is 32.3 Å². The zero-order valence-electron chi connectivity index (χ0n) is 12.5. The summed E-state index contributed by atoms with van der Waals surface area (Å²) >= 11 is 1.79. The van der Waals surface area contributed by atoms with Crippen LogP contribution in [0.1, 0.15) is 19.4 Å². The molecule has 110 valence electrons. The van der Waals surface area contributed by atoms with Crippen LogP contribution in [0.5, 0.6) is 0 Å². The molecule has 1 heterocycles. The summed E-state index contributed by atoms with van der Waals surface area (Å²) in [6.07, 6.45) is 3.03. The number of hydrogen-bond acceptors (Lipinski definition) is 3. The first-order valence-electron chi connectivity index (χ1n) is 7.23. The third kappa shape index (κ3) is 3.55. The Morgan fingerprint density at radius 2 is 2.00 bits per heavy atom. The molecule has 2 rings (SSSR count). The van der Waals surface area contributed by atoms with E-state index in [1.807, 2.05) is 23.1 Å². The van der Waals surface area contributed by atoms with Gasteiger partial charge in [-0.3, -0.25) is 10.1 Å². The second-order valence-corrected chi connectivity index (χ2v) is 6.61. The first-order chi connectivity index (χ1) is 9.63. The van der Waals surface area contributed by atoms with E-state index in [4.69, 9.17) is 0 Å². The van der Waals surface area contributed by atoms with E-state index in [1.165, 1.54) is 5.56 Å². The fourth-order valence-electron chi connectivity index (χ4n) is 2.69. The molecule has 1 aromatic rings. The Labute approximate surface area is 126 Å². The van der Waals surface area contributed by atoms with E-state index in [0.29, 0.717) is 5.92 Å². The molecule has 2 unspecified atom stereocenters. The number of amides is 1. The van der Waals surface area contributed by atoms with E-state index in [0.717, 1.165) is 18.7 Å². The van der Waals surface area contributed by atoms with Crippen molar-refractivity contribution in [3.05, 3.63) is 35.9 Å². The highest BCUT2D eigenvalue weighted by Gasteiger charge is 2.39. The van der Waals surface area contributed by atoms with Crippen molar-refractivity contribution in [3.8, 4) is 0 Å². The van der Waals surface area contributed by atoms with E-state index >= 15 is 0 Å². The molecule has 1 aliphatic heterocycles. The van der Waals surface area contributed by atoms with Gasteiger partial charge in [-0.05, 0) is 24.2 Å². The van der Waals surface area contributed by atoms with Gasteiger partial charge in [0.1, 0.15) is 0 Å². The van der Waals surface area contributed by atoms with Crippen LogP contribution in [0.3, 0.4) is 0 Å². The Hall–Kier alpha value is -1.00. The van der Waals surface area contributed by atoms with Crippen molar-refractivity contribution in [2.75, 3.05) is 18.6 Å². The van der Waals surface area contributed by atoms with Crippen LogP contribution >= 0.6 is 11.8 Å². The van der Waals surface area contributed by atoms with Gasteiger partial charge >= 0.3 is 0 Å². The lowest BCUT2D eigenvalue weighted by molar-refractivity contribution is -0.130. The van der Waals surface area contributed by atoms with Gasteiger partial charge in [0.15, 0.2) is 0 Å². The van der Waals surface area contributed by atoms with E-state index in [9.17, 15) is 4.79 Å². The van der Waals surface area contributed by atoms with Gasteiger partial charge in [-0.1, -0.05) is 44.2 Å². The minimum absolute atomic E-state index is 0.0772. The number of nitrogens with zero attached hydrogens (tertiary/aromatic N) is 1. The van der Waals surface area contributed by atoms with Crippen molar-refractivity contribution in [3.63, 3.8) is 0 Å². The molecular formula is C16H24N2OS. The lowest BCUT2D eigenvalue weighted by Crippen LogP contribution is -2.42. The maximum absolute atomic E-state index is 12.6. The predicted molar refractivity (Wildman–Crippen MR) is 85.8 cm³/mol. The molecule has 1 N–H and O–H groups in total. The average Bonchev–Trinajstić information content (AvgIpc) is 2.75. The molecule has 4 heteroatoms. The molecule has 1 saturated heterocycles. The van der Waals surface area contributed by atoms with Gasteiger partial charge in [0, 0.05) is 12.3 Å². The summed E-state index contributed by atoms with van der Waals surface area (Å²) in [4.78, 5) is 14.6. The fourth-order valence-corrected chi connectivity index (χ4v) is 3.07. The van der Waals surface area contributed by atoms with Gasteiger partial charge in [0.25, 0.3) is 0 Å². The van der Waals surface area contributed by atoms with Gasteiger partial charge in [-0.2, -0.15) is 11.8 Å². The molecule has 1 amide bonds. The molecule has 1 fully saturated rings. The Kier molecular flexibility index (Phi) is 5.49. The first kappa shape index (κ1) is 15.4. The maximum Gasteiger partial charge on any atom is 0.241 e. The van der Waals surface area contributed by atoms with Crippen molar-refractivity contribution in [1.82, 2.24) is 10.2 Å². The highest BCUT2D eigenvalue weighted by Crippen LogP contribution is 2.20. The molecule has 0 bridgehead atoms. The van der Waals surface area contributed by atoms with Crippen molar-refractivity contribution in [1.29, 1.82) is 0 Å². The lowest BCUT2D eigenvalue weighted by Gasteiger charge is -2.26. The third-order valence-electron chi connectivity index (χ3n) is 3.74. The van der Waals surface area contributed by atoms with Crippen LogP contribution in [0.4, 0.5) is 0 Å². The molecule has 0 saturated carbocycles. The smallest absolute Gasteiger partial charge is 0.241 e. The van der Waals surface area contributed by atoms with E-state index in [1.54, 1.807) is 11.8 Å². The summed E-state index contributed by atoms with van der Waals surface area (Å²) in [5, 5.41) is 3.51. The molecule has 0 aromatic heterocycles. The molecule has 2 atom stereocenters. The van der Waals surface area contributed by atoms with Gasteiger partial charge in [-0.15, -0.1) is 0 Å². The predicted octanol–water partition coefficient (Wildman–Crippen LogP) is 2.37. The summed E-state index contributed by atoms with van der Waals surface area (Å²) in [6, 6.07) is 10.2. The van der Waals surface area contributed by atoms with Crippen LogP contribution in [0.25, 0.3) is 0 Å².